The summed E-state index contributed by atoms with van der Waals surface area (Å²) in [7, 11) is -3.74. The highest BCUT2D eigenvalue weighted by Gasteiger charge is 2.44. The molecule has 0 saturated carbocycles. The van der Waals surface area contributed by atoms with Gasteiger partial charge < -0.3 is 5.32 Å². The molecule has 0 saturated heterocycles. The van der Waals surface area contributed by atoms with Gasteiger partial charge in [-0.05, 0) is 49.2 Å². The van der Waals surface area contributed by atoms with E-state index in [1.807, 2.05) is 43.3 Å². The van der Waals surface area contributed by atoms with Gasteiger partial charge in [0.2, 0.25) is 5.91 Å². The van der Waals surface area contributed by atoms with Gasteiger partial charge in [0.1, 0.15) is 5.82 Å². The van der Waals surface area contributed by atoms with Crippen LogP contribution in [0.1, 0.15) is 30.5 Å². The standard InChI is InChI=1S/C24H25N3O3S/c1-17-9-11-21(12-10-17)31(29,30)27-16-24(3,22-8-5-13-25-23(22)27)15-19-6-4-7-20(14-19)26-18(2)28/h4-14H,15-16H2,1-3H3,(H,26,28). The molecule has 1 unspecified atom stereocenters. The molecule has 2 aromatic carbocycles. The summed E-state index contributed by atoms with van der Waals surface area (Å²) < 4.78 is 28.3. The predicted molar refractivity (Wildman–Crippen MR) is 122 cm³/mol. The van der Waals surface area contributed by atoms with Gasteiger partial charge in [-0.1, -0.05) is 42.8 Å². The number of nitrogens with zero attached hydrogens (tertiary/aromatic N) is 2. The second kappa shape index (κ2) is 7.81. The molecule has 6 nitrogen and oxygen atoms in total. The fourth-order valence-corrected chi connectivity index (χ4v) is 5.71. The van der Waals surface area contributed by atoms with Gasteiger partial charge in [0.25, 0.3) is 10.0 Å². The molecule has 0 aliphatic carbocycles. The lowest BCUT2D eigenvalue weighted by Gasteiger charge is -2.26. The summed E-state index contributed by atoms with van der Waals surface area (Å²) in [5.41, 5.74) is 3.18. The Balaban J connectivity index is 1.71. The molecule has 1 atom stereocenters. The van der Waals surface area contributed by atoms with Crippen LogP contribution in [0.4, 0.5) is 11.5 Å². The number of aromatic nitrogens is 1. The summed E-state index contributed by atoms with van der Waals surface area (Å²) in [4.78, 5) is 16.1. The minimum Gasteiger partial charge on any atom is -0.326 e. The molecule has 0 radical (unpaired) electrons. The van der Waals surface area contributed by atoms with Gasteiger partial charge >= 0.3 is 0 Å². The number of anilines is 2. The number of fused-ring (bicyclic) bond motifs is 1. The molecular weight excluding hydrogens is 410 g/mol. The SMILES string of the molecule is CC(=O)Nc1cccc(CC2(C)CN(S(=O)(=O)c3ccc(C)cc3)c3ncccc32)c1. The van der Waals surface area contributed by atoms with E-state index in [-0.39, 0.29) is 10.8 Å². The first-order chi connectivity index (χ1) is 14.7. The number of nitrogens with one attached hydrogen (secondary N) is 1. The lowest BCUT2D eigenvalue weighted by atomic mass is 9.79. The summed E-state index contributed by atoms with van der Waals surface area (Å²) >= 11 is 0. The van der Waals surface area contributed by atoms with E-state index in [9.17, 15) is 13.2 Å². The first-order valence-electron chi connectivity index (χ1n) is 10.1. The van der Waals surface area contributed by atoms with Gasteiger partial charge in [-0.2, -0.15) is 0 Å². The van der Waals surface area contributed by atoms with Crippen molar-refractivity contribution < 1.29 is 13.2 Å². The van der Waals surface area contributed by atoms with Gasteiger partial charge in [-0.25, -0.2) is 17.7 Å². The van der Waals surface area contributed by atoms with Crippen LogP contribution in [0, 0.1) is 6.92 Å². The number of amides is 1. The Kier molecular flexibility index (Phi) is 5.31. The molecule has 0 bridgehead atoms. The van der Waals surface area contributed by atoms with Crippen LogP contribution in [-0.2, 0) is 26.7 Å². The summed E-state index contributed by atoms with van der Waals surface area (Å²) in [6.45, 7) is 5.75. The summed E-state index contributed by atoms with van der Waals surface area (Å²) in [6.07, 6.45) is 2.23. The lowest BCUT2D eigenvalue weighted by molar-refractivity contribution is -0.114. The highest BCUT2D eigenvalue weighted by Crippen LogP contribution is 2.43. The Morgan fingerprint density at radius 3 is 2.58 bits per heavy atom. The monoisotopic (exact) mass is 435 g/mol. The summed E-state index contributed by atoms with van der Waals surface area (Å²) in [5.74, 6) is 0.345. The minimum atomic E-state index is -3.74. The second-order valence-corrected chi connectivity index (χ2v) is 10.2. The Bertz CT molecular complexity index is 1240. The number of hydrogen-bond donors (Lipinski definition) is 1. The van der Waals surface area contributed by atoms with E-state index in [0.717, 1.165) is 22.4 Å². The van der Waals surface area contributed by atoms with Crippen LogP contribution in [0.2, 0.25) is 0 Å². The van der Waals surface area contributed by atoms with E-state index in [0.29, 0.717) is 18.8 Å². The lowest BCUT2D eigenvalue weighted by Crippen LogP contribution is -2.36. The largest absolute Gasteiger partial charge is 0.326 e. The van der Waals surface area contributed by atoms with Crippen molar-refractivity contribution >= 4 is 27.4 Å². The first kappa shape index (κ1) is 21.1. The van der Waals surface area contributed by atoms with Crippen molar-refractivity contribution in [1.82, 2.24) is 4.98 Å². The molecular formula is C24H25N3O3S. The normalized spacial score (nSPS) is 18.0. The molecule has 0 fully saturated rings. The smallest absolute Gasteiger partial charge is 0.265 e. The van der Waals surface area contributed by atoms with Crippen LogP contribution >= 0.6 is 0 Å². The molecule has 1 aliphatic rings. The third kappa shape index (κ3) is 4.05. The van der Waals surface area contributed by atoms with Crippen molar-refractivity contribution in [2.75, 3.05) is 16.2 Å². The zero-order chi connectivity index (χ0) is 22.2. The Labute approximate surface area is 183 Å². The number of sulfonamides is 1. The number of benzene rings is 2. The van der Waals surface area contributed by atoms with Crippen LogP contribution < -0.4 is 9.62 Å². The van der Waals surface area contributed by atoms with Gasteiger partial charge in [0.05, 0.1) is 4.90 Å². The number of aryl methyl sites for hydroxylation is 1. The minimum absolute atomic E-state index is 0.130. The highest BCUT2D eigenvalue weighted by atomic mass is 32.2. The van der Waals surface area contributed by atoms with Gasteiger partial charge in [-0.3, -0.25) is 4.79 Å². The zero-order valence-electron chi connectivity index (χ0n) is 17.8. The maximum absolute atomic E-state index is 13.5. The van der Waals surface area contributed by atoms with Crippen LogP contribution in [-0.4, -0.2) is 25.9 Å². The number of carbonyl (C=O) groups excluding carboxylic acids is 1. The highest BCUT2D eigenvalue weighted by molar-refractivity contribution is 7.92. The molecule has 31 heavy (non-hydrogen) atoms. The van der Waals surface area contributed by atoms with Crippen LogP contribution in [0.15, 0.2) is 71.8 Å². The average Bonchev–Trinajstić information content (AvgIpc) is 3.02. The molecule has 1 amide bonds. The van der Waals surface area contributed by atoms with E-state index in [4.69, 9.17) is 0 Å². The van der Waals surface area contributed by atoms with E-state index in [2.05, 4.69) is 17.2 Å². The fraction of sp³-hybridized carbons (Fsp3) is 0.250. The van der Waals surface area contributed by atoms with Crippen LogP contribution in [0.3, 0.4) is 0 Å². The summed E-state index contributed by atoms with van der Waals surface area (Å²) in [6, 6.07) is 18.3. The van der Waals surface area contributed by atoms with E-state index < -0.39 is 15.4 Å². The molecule has 160 valence electrons. The Morgan fingerprint density at radius 2 is 1.87 bits per heavy atom. The third-order valence-corrected chi connectivity index (χ3v) is 7.37. The van der Waals surface area contributed by atoms with E-state index >= 15 is 0 Å². The zero-order valence-corrected chi connectivity index (χ0v) is 18.6. The molecule has 1 N–H and O–H groups in total. The number of carbonyl (C=O) groups is 1. The Morgan fingerprint density at radius 1 is 1.13 bits per heavy atom. The molecule has 7 heteroatoms. The summed E-state index contributed by atoms with van der Waals surface area (Å²) in [5, 5.41) is 2.80. The number of hydrogen-bond acceptors (Lipinski definition) is 4. The van der Waals surface area contributed by atoms with Crippen molar-refractivity contribution in [1.29, 1.82) is 0 Å². The fourth-order valence-electron chi connectivity index (χ4n) is 4.14. The van der Waals surface area contributed by atoms with Crippen molar-refractivity contribution in [2.45, 2.75) is 37.5 Å². The molecule has 1 aromatic heterocycles. The molecule has 1 aliphatic heterocycles. The third-order valence-electron chi connectivity index (χ3n) is 5.62. The van der Waals surface area contributed by atoms with Crippen molar-refractivity contribution in [3.05, 3.63) is 83.6 Å². The average molecular weight is 436 g/mol. The van der Waals surface area contributed by atoms with Gasteiger partial charge in [-0.15, -0.1) is 0 Å². The molecule has 4 rings (SSSR count). The van der Waals surface area contributed by atoms with Crippen molar-refractivity contribution in [3.8, 4) is 0 Å². The van der Waals surface area contributed by atoms with E-state index in [1.165, 1.54) is 11.2 Å². The predicted octanol–water partition coefficient (Wildman–Crippen LogP) is 4.06. The first-order valence-corrected chi connectivity index (χ1v) is 11.5. The number of pyridine rings is 1. The molecule has 2 heterocycles. The topological polar surface area (TPSA) is 79.4 Å². The molecule has 3 aromatic rings. The van der Waals surface area contributed by atoms with Crippen LogP contribution in [0.5, 0.6) is 0 Å². The maximum atomic E-state index is 13.5. The van der Waals surface area contributed by atoms with Gasteiger partial charge in [0.15, 0.2) is 0 Å². The van der Waals surface area contributed by atoms with Crippen LogP contribution in [0.25, 0.3) is 0 Å². The second-order valence-electron chi connectivity index (χ2n) is 8.32. The van der Waals surface area contributed by atoms with Gasteiger partial charge in [0, 0.05) is 36.3 Å². The van der Waals surface area contributed by atoms with E-state index in [1.54, 1.807) is 30.5 Å². The molecule has 0 spiro atoms. The number of rotatable bonds is 5. The quantitative estimate of drug-likeness (QED) is 0.656. The maximum Gasteiger partial charge on any atom is 0.265 e. The van der Waals surface area contributed by atoms with Crippen molar-refractivity contribution in [2.24, 2.45) is 0 Å². The Hall–Kier alpha value is -3.19. The van der Waals surface area contributed by atoms with Crippen molar-refractivity contribution in [3.63, 3.8) is 0 Å².